The van der Waals surface area contributed by atoms with E-state index in [1.807, 2.05) is 6.92 Å². The number of aliphatic hydroxyl groups is 1. The van der Waals surface area contributed by atoms with Gasteiger partial charge < -0.3 is 5.11 Å². The maximum atomic E-state index is 9.71. The van der Waals surface area contributed by atoms with Crippen molar-refractivity contribution in [1.29, 1.82) is 0 Å². The molecule has 2 fully saturated rings. The Hall–Kier alpha value is -0.0400. The summed E-state index contributed by atoms with van der Waals surface area (Å²) in [5.74, 6) is 2.28. The molecule has 2 saturated carbocycles. The molecule has 2 aliphatic rings. The molecule has 0 aromatic heterocycles. The minimum Gasteiger partial charge on any atom is -0.393 e. The lowest BCUT2D eigenvalue weighted by molar-refractivity contribution is 0.00840. The topological polar surface area (TPSA) is 20.2 Å². The van der Waals surface area contributed by atoms with Crippen molar-refractivity contribution in [2.75, 3.05) is 0 Å². The van der Waals surface area contributed by atoms with Crippen molar-refractivity contribution >= 4 is 0 Å². The molecule has 1 heteroatoms. The van der Waals surface area contributed by atoms with Crippen LogP contribution in [0.2, 0.25) is 0 Å². The summed E-state index contributed by atoms with van der Waals surface area (Å²) in [5.41, 5.74) is 0.400. The van der Waals surface area contributed by atoms with Crippen molar-refractivity contribution < 1.29 is 5.11 Å². The van der Waals surface area contributed by atoms with Gasteiger partial charge in [-0.3, -0.25) is 0 Å². The van der Waals surface area contributed by atoms with Gasteiger partial charge in [0.2, 0.25) is 0 Å². The third-order valence-electron chi connectivity index (χ3n) is 4.41. The summed E-state index contributed by atoms with van der Waals surface area (Å²) < 4.78 is 0. The van der Waals surface area contributed by atoms with Crippen LogP contribution in [0, 0.1) is 23.2 Å². The molecule has 1 N–H and O–H groups in total. The molecule has 0 aliphatic heterocycles. The van der Waals surface area contributed by atoms with Gasteiger partial charge in [-0.05, 0) is 49.4 Å². The van der Waals surface area contributed by atoms with E-state index >= 15 is 0 Å². The molecule has 0 unspecified atom stereocenters. The first-order valence-corrected chi connectivity index (χ1v) is 5.21. The zero-order valence-electron chi connectivity index (χ0n) is 8.38. The second-order valence-corrected chi connectivity index (χ2v) is 5.36. The van der Waals surface area contributed by atoms with Crippen LogP contribution in [0.25, 0.3) is 0 Å². The lowest BCUT2D eigenvalue weighted by Crippen LogP contribution is -2.37. The van der Waals surface area contributed by atoms with Crippen LogP contribution >= 0.6 is 0 Å². The normalized spacial score (nSPS) is 46.5. The van der Waals surface area contributed by atoms with Crippen LogP contribution in [0.1, 0.15) is 40.0 Å². The van der Waals surface area contributed by atoms with E-state index in [9.17, 15) is 5.11 Å². The first-order chi connectivity index (χ1) is 5.53. The molecule has 2 aliphatic carbocycles. The zero-order valence-corrected chi connectivity index (χ0v) is 8.38. The van der Waals surface area contributed by atoms with Gasteiger partial charge >= 0.3 is 0 Å². The molecule has 2 bridgehead atoms. The molecule has 1 nitrogen and oxygen atoms in total. The van der Waals surface area contributed by atoms with Crippen molar-refractivity contribution in [3.63, 3.8) is 0 Å². The van der Waals surface area contributed by atoms with Crippen molar-refractivity contribution in [2.24, 2.45) is 23.2 Å². The van der Waals surface area contributed by atoms with Crippen LogP contribution in [-0.2, 0) is 0 Å². The Morgan fingerprint density at radius 1 is 1.33 bits per heavy atom. The average Bonchev–Trinajstić information content (AvgIpc) is 2.41. The first-order valence-electron chi connectivity index (χ1n) is 5.21. The van der Waals surface area contributed by atoms with E-state index in [-0.39, 0.29) is 6.10 Å². The largest absolute Gasteiger partial charge is 0.393 e. The second-order valence-electron chi connectivity index (χ2n) is 5.36. The highest BCUT2D eigenvalue weighted by atomic mass is 16.3. The molecule has 0 aromatic carbocycles. The number of aliphatic hydroxyl groups excluding tert-OH is 1. The lowest BCUT2D eigenvalue weighted by atomic mass is 9.67. The molecule has 0 radical (unpaired) electrons. The summed E-state index contributed by atoms with van der Waals surface area (Å²) >= 11 is 0. The van der Waals surface area contributed by atoms with Crippen molar-refractivity contribution in [2.45, 2.75) is 46.1 Å². The average molecular weight is 168 g/mol. The van der Waals surface area contributed by atoms with Crippen LogP contribution < -0.4 is 0 Å². The van der Waals surface area contributed by atoms with Gasteiger partial charge in [0.25, 0.3) is 0 Å². The highest BCUT2D eigenvalue weighted by molar-refractivity contribution is 5.03. The summed E-state index contributed by atoms with van der Waals surface area (Å²) in [7, 11) is 0. The smallest absolute Gasteiger partial charge is 0.0548 e. The SMILES string of the molecule is C[C@@H](O)[C@@H]1[C@H]2CC[C@H](C2)C1(C)C. The molecule has 0 spiro atoms. The number of hydrogen-bond donors (Lipinski definition) is 1. The Labute approximate surface area is 75.2 Å². The van der Waals surface area contributed by atoms with Crippen LogP contribution in [0.4, 0.5) is 0 Å². The monoisotopic (exact) mass is 168 g/mol. The van der Waals surface area contributed by atoms with Crippen LogP contribution in [-0.4, -0.2) is 11.2 Å². The third-order valence-corrected chi connectivity index (χ3v) is 4.41. The van der Waals surface area contributed by atoms with Gasteiger partial charge in [0.1, 0.15) is 0 Å². The van der Waals surface area contributed by atoms with E-state index < -0.39 is 0 Å². The summed E-state index contributed by atoms with van der Waals surface area (Å²) in [6.07, 6.45) is 4.04. The Bertz CT molecular complexity index is 183. The summed E-state index contributed by atoms with van der Waals surface area (Å²) in [6.45, 7) is 6.65. The van der Waals surface area contributed by atoms with Crippen molar-refractivity contribution in [1.82, 2.24) is 0 Å². The molecule has 70 valence electrons. The molecular formula is C11H20O. The van der Waals surface area contributed by atoms with Gasteiger partial charge in [-0.2, -0.15) is 0 Å². The Morgan fingerprint density at radius 3 is 2.33 bits per heavy atom. The fourth-order valence-electron chi connectivity index (χ4n) is 3.91. The van der Waals surface area contributed by atoms with Crippen molar-refractivity contribution in [3.05, 3.63) is 0 Å². The minimum atomic E-state index is -0.102. The van der Waals surface area contributed by atoms with Gasteiger partial charge in [0.05, 0.1) is 6.10 Å². The second kappa shape index (κ2) is 2.47. The number of hydrogen-bond acceptors (Lipinski definition) is 1. The fourth-order valence-corrected chi connectivity index (χ4v) is 3.91. The van der Waals surface area contributed by atoms with Gasteiger partial charge in [0, 0.05) is 0 Å². The summed E-state index contributed by atoms with van der Waals surface area (Å²) in [4.78, 5) is 0. The zero-order chi connectivity index (χ0) is 8.93. The Balaban J connectivity index is 2.23. The maximum Gasteiger partial charge on any atom is 0.0548 e. The highest BCUT2D eigenvalue weighted by Gasteiger charge is 2.53. The standard InChI is InChI=1S/C11H20O/c1-7(12)10-8-4-5-9(6-8)11(10,2)3/h7-10,12H,4-6H2,1-3H3/t7-,8+,9-,10-/m1/s1. The van der Waals surface area contributed by atoms with Crippen molar-refractivity contribution in [3.8, 4) is 0 Å². The van der Waals surface area contributed by atoms with E-state index in [1.54, 1.807) is 0 Å². The van der Waals surface area contributed by atoms with Gasteiger partial charge in [-0.1, -0.05) is 13.8 Å². The van der Waals surface area contributed by atoms with Gasteiger partial charge in [-0.15, -0.1) is 0 Å². The maximum absolute atomic E-state index is 9.71. The van der Waals surface area contributed by atoms with E-state index in [1.165, 1.54) is 19.3 Å². The molecule has 12 heavy (non-hydrogen) atoms. The summed E-state index contributed by atoms with van der Waals surface area (Å²) in [5, 5.41) is 9.71. The first kappa shape index (κ1) is 8.55. The molecule has 2 rings (SSSR count). The highest BCUT2D eigenvalue weighted by Crippen LogP contribution is 2.60. The molecule has 0 heterocycles. The van der Waals surface area contributed by atoms with E-state index in [0.717, 1.165) is 11.8 Å². The van der Waals surface area contributed by atoms with E-state index in [4.69, 9.17) is 0 Å². The van der Waals surface area contributed by atoms with Gasteiger partial charge in [0.15, 0.2) is 0 Å². The quantitative estimate of drug-likeness (QED) is 0.637. The fraction of sp³-hybridized carbons (Fsp3) is 1.00. The molecule has 0 aromatic rings. The minimum absolute atomic E-state index is 0.102. The Kier molecular flexibility index (Phi) is 1.76. The molecule has 0 saturated heterocycles. The molecule has 0 amide bonds. The molecular weight excluding hydrogens is 148 g/mol. The Morgan fingerprint density at radius 2 is 2.00 bits per heavy atom. The number of rotatable bonds is 1. The van der Waals surface area contributed by atoms with E-state index in [0.29, 0.717) is 11.3 Å². The van der Waals surface area contributed by atoms with Crippen LogP contribution in [0.5, 0.6) is 0 Å². The predicted octanol–water partition coefficient (Wildman–Crippen LogP) is 2.44. The number of fused-ring (bicyclic) bond motifs is 2. The van der Waals surface area contributed by atoms with Crippen LogP contribution in [0.15, 0.2) is 0 Å². The van der Waals surface area contributed by atoms with Gasteiger partial charge in [-0.25, -0.2) is 0 Å². The van der Waals surface area contributed by atoms with E-state index in [2.05, 4.69) is 13.8 Å². The molecule has 4 atom stereocenters. The van der Waals surface area contributed by atoms with Crippen LogP contribution in [0.3, 0.4) is 0 Å². The predicted molar refractivity (Wildman–Crippen MR) is 49.8 cm³/mol. The third kappa shape index (κ3) is 0.953. The summed E-state index contributed by atoms with van der Waals surface area (Å²) in [6, 6.07) is 0. The lowest BCUT2D eigenvalue weighted by Gasteiger charge is -2.40.